The number of hydrogen-bond acceptors (Lipinski definition) is 2. The van der Waals surface area contributed by atoms with Crippen molar-refractivity contribution in [2.45, 2.75) is 6.42 Å². The molecule has 0 unspecified atom stereocenters. The maximum atomic E-state index is 11.8. The second-order valence-electron chi connectivity index (χ2n) is 3.57. The minimum Gasteiger partial charge on any atom is -0.352 e. The van der Waals surface area contributed by atoms with Crippen LogP contribution in [-0.4, -0.2) is 22.6 Å². The molecule has 88 valence electrons. The average molecular weight is 294 g/mol. The molecule has 0 bridgehead atoms. The number of carbonyl (C=O) groups is 1. The van der Waals surface area contributed by atoms with E-state index >= 15 is 0 Å². The summed E-state index contributed by atoms with van der Waals surface area (Å²) in [5.74, 6) is -0.0722. The van der Waals surface area contributed by atoms with Gasteiger partial charge in [0.25, 0.3) is 5.91 Å². The highest BCUT2D eigenvalue weighted by atomic mass is 79.9. The van der Waals surface area contributed by atoms with Crippen LogP contribution in [0, 0.1) is 0 Å². The van der Waals surface area contributed by atoms with E-state index in [1.807, 2.05) is 24.3 Å². The molecule has 0 aliphatic carbocycles. The van der Waals surface area contributed by atoms with Crippen molar-refractivity contribution in [3.63, 3.8) is 0 Å². The van der Waals surface area contributed by atoms with Gasteiger partial charge in [0.1, 0.15) is 0 Å². The molecule has 0 spiro atoms. The molecule has 0 atom stereocenters. The largest absolute Gasteiger partial charge is 0.352 e. The fraction of sp³-hybridized carbons (Fsp3) is 0.167. The molecule has 0 aliphatic heterocycles. The van der Waals surface area contributed by atoms with E-state index in [1.165, 1.54) is 0 Å². The highest BCUT2D eigenvalue weighted by molar-refractivity contribution is 9.10. The van der Waals surface area contributed by atoms with Gasteiger partial charge in [0, 0.05) is 29.3 Å². The van der Waals surface area contributed by atoms with E-state index < -0.39 is 0 Å². The lowest BCUT2D eigenvalue weighted by Crippen LogP contribution is -2.26. The van der Waals surface area contributed by atoms with E-state index in [4.69, 9.17) is 0 Å². The third kappa shape index (κ3) is 3.17. The average Bonchev–Trinajstić information content (AvgIpc) is 2.82. The van der Waals surface area contributed by atoms with Crippen LogP contribution in [0.5, 0.6) is 0 Å². The summed E-state index contributed by atoms with van der Waals surface area (Å²) in [6.07, 6.45) is 2.45. The Bertz CT molecular complexity index is 496. The molecule has 0 saturated carbocycles. The van der Waals surface area contributed by atoms with Crippen LogP contribution in [0.4, 0.5) is 0 Å². The van der Waals surface area contributed by atoms with Gasteiger partial charge in [-0.05, 0) is 34.1 Å². The number of halogens is 1. The summed E-state index contributed by atoms with van der Waals surface area (Å²) < 4.78 is 0.805. The molecular weight excluding hydrogens is 282 g/mol. The van der Waals surface area contributed by atoms with Crippen LogP contribution in [0.3, 0.4) is 0 Å². The highest BCUT2D eigenvalue weighted by Crippen LogP contribution is 2.15. The van der Waals surface area contributed by atoms with E-state index in [0.717, 1.165) is 16.6 Å². The van der Waals surface area contributed by atoms with E-state index in [2.05, 4.69) is 31.4 Å². The number of H-pyrrole nitrogens is 1. The van der Waals surface area contributed by atoms with Gasteiger partial charge in [-0.2, -0.15) is 5.10 Å². The Hall–Kier alpha value is -1.62. The Labute approximate surface area is 108 Å². The topological polar surface area (TPSA) is 57.8 Å². The molecule has 1 aromatic carbocycles. The van der Waals surface area contributed by atoms with Gasteiger partial charge in [-0.25, -0.2) is 0 Å². The Morgan fingerprint density at radius 3 is 2.88 bits per heavy atom. The molecule has 1 amide bonds. The maximum absolute atomic E-state index is 11.8. The first-order valence-corrected chi connectivity index (χ1v) is 6.07. The van der Waals surface area contributed by atoms with Crippen molar-refractivity contribution in [2.24, 2.45) is 0 Å². The van der Waals surface area contributed by atoms with Gasteiger partial charge < -0.3 is 5.32 Å². The van der Waals surface area contributed by atoms with Crippen molar-refractivity contribution < 1.29 is 4.79 Å². The van der Waals surface area contributed by atoms with Crippen molar-refractivity contribution >= 4 is 21.8 Å². The number of aromatic nitrogens is 2. The lowest BCUT2D eigenvalue weighted by atomic mass is 10.2. The summed E-state index contributed by atoms with van der Waals surface area (Å²) in [7, 11) is 0. The van der Waals surface area contributed by atoms with Gasteiger partial charge in [0.2, 0.25) is 0 Å². The van der Waals surface area contributed by atoms with Crippen LogP contribution in [0.1, 0.15) is 16.1 Å². The number of amides is 1. The van der Waals surface area contributed by atoms with Gasteiger partial charge in [0.15, 0.2) is 0 Å². The van der Waals surface area contributed by atoms with Crippen LogP contribution < -0.4 is 5.32 Å². The van der Waals surface area contributed by atoms with Crippen molar-refractivity contribution in [2.75, 3.05) is 6.54 Å². The Kier molecular flexibility index (Phi) is 3.93. The zero-order chi connectivity index (χ0) is 12.1. The third-order valence-corrected chi connectivity index (χ3v) is 3.05. The molecule has 2 aromatic rings. The second-order valence-corrected chi connectivity index (χ2v) is 4.42. The van der Waals surface area contributed by atoms with E-state index in [0.29, 0.717) is 12.1 Å². The second kappa shape index (κ2) is 5.63. The van der Waals surface area contributed by atoms with Crippen LogP contribution in [0.25, 0.3) is 0 Å². The molecule has 4 nitrogen and oxygen atoms in total. The molecule has 2 N–H and O–H groups in total. The molecule has 1 aromatic heterocycles. The fourth-order valence-corrected chi connectivity index (χ4v) is 1.94. The zero-order valence-corrected chi connectivity index (χ0v) is 10.7. The highest BCUT2D eigenvalue weighted by Gasteiger charge is 2.08. The minimum absolute atomic E-state index is 0.0722. The van der Waals surface area contributed by atoms with Gasteiger partial charge in [0.05, 0.1) is 5.56 Å². The summed E-state index contributed by atoms with van der Waals surface area (Å²) in [5.41, 5.74) is 1.66. The van der Waals surface area contributed by atoms with Gasteiger partial charge in [-0.15, -0.1) is 0 Å². The Morgan fingerprint density at radius 1 is 1.35 bits per heavy atom. The summed E-state index contributed by atoms with van der Waals surface area (Å²) in [5, 5.41) is 9.56. The molecule has 1 heterocycles. The van der Waals surface area contributed by atoms with Crippen molar-refractivity contribution in [1.29, 1.82) is 0 Å². The van der Waals surface area contributed by atoms with Crippen molar-refractivity contribution in [3.05, 3.63) is 52.3 Å². The third-order valence-electron chi connectivity index (χ3n) is 2.36. The van der Waals surface area contributed by atoms with Gasteiger partial charge >= 0.3 is 0 Å². The van der Waals surface area contributed by atoms with E-state index in [-0.39, 0.29) is 5.91 Å². The maximum Gasteiger partial charge on any atom is 0.252 e. The molecule has 0 radical (unpaired) electrons. The molecule has 17 heavy (non-hydrogen) atoms. The molecule has 0 saturated heterocycles. The SMILES string of the molecule is O=C(NCCc1ccn[nH]1)c1ccccc1Br. The summed E-state index contributed by atoms with van der Waals surface area (Å²) in [6.45, 7) is 0.586. The van der Waals surface area contributed by atoms with Crippen LogP contribution in [0.15, 0.2) is 41.0 Å². The number of nitrogens with one attached hydrogen (secondary N) is 2. The Balaban J connectivity index is 1.88. The predicted octanol–water partition coefficient (Wildman–Crippen LogP) is 2.14. The zero-order valence-electron chi connectivity index (χ0n) is 9.11. The van der Waals surface area contributed by atoms with Gasteiger partial charge in [-0.1, -0.05) is 12.1 Å². The minimum atomic E-state index is -0.0722. The summed E-state index contributed by atoms with van der Waals surface area (Å²) >= 11 is 3.35. The van der Waals surface area contributed by atoms with E-state index in [1.54, 1.807) is 12.3 Å². The van der Waals surface area contributed by atoms with Crippen LogP contribution >= 0.6 is 15.9 Å². The predicted molar refractivity (Wildman–Crippen MR) is 68.8 cm³/mol. The first-order valence-electron chi connectivity index (χ1n) is 5.28. The molecule has 0 fully saturated rings. The number of hydrogen-bond donors (Lipinski definition) is 2. The van der Waals surface area contributed by atoms with E-state index in [9.17, 15) is 4.79 Å². The normalized spacial score (nSPS) is 10.2. The van der Waals surface area contributed by atoms with Gasteiger partial charge in [-0.3, -0.25) is 9.89 Å². The first kappa shape index (κ1) is 11.9. The smallest absolute Gasteiger partial charge is 0.252 e. The lowest BCUT2D eigenvalue weighted by molar-refractivity contribution is 0.0953. The molecule has 0 aliphatic rings. The molecule has 2 rings (SSSR count). The molecular formula is C12H12BrN3O. The Morgan fingerprint density at radius 2 is 2.18 bits per heavy atom. The quantitative estimate of drug-likeness (QED) is 0.907. The summed E-state index contributed by atoms with van der Waals surface area (Å²) in [4.78, 5) is 11.8. The standard InChI is InChI=1S/C12H12BrN3O/c13-11-4-2-1-3-10(11)12(17)14-7-5-9-6-8-15-16-9/h1-4,6,8H,5,7H2,(H,14,17)(H,15,16). The lowest BCUT2D eigenvalue weighted by Gasteiger charge is -2.05. The number of nitrogens with zero attached hydrogens (tertiary/aromatic N) is 1. The van der Waals surface area contributed by atoms with Crippen LogP contribution in [-0.2, 0) is 6.42 Å². The van der Waals surface area contributed by atoms with Crippen molar-refractivity contribution in [1.82, 2.24) is 15.5 Å². The van der Waals surface area contributed by atoms with Crippen molar-refractivity contribution in [3.8, 4) is 0 Å². The number of carbonyl (C=O) groups excluding carboxylic acids is 1. The molecule has 5 heteroatoms. The number of rotatable bonds is 4. The summed E-state index contributed by atoms with van der Waals surface area (Å²) in [6, 6.07) is 9.25. The first-order chi connectivity index (χ1) is 8.27. The number of aromatic amines is 1. The monoisotopic (exact) mass is 293 g/mol. The van der Waals surface area contributed by atoms with Crippen LogP contribution in [0.2, 0.25) is 0 Å². The number of benzene rings is 1. The fourth-order valence-electron chi connectivity index (χ4n) is 1.48.